The minimum absolute atomic E-state index is 0.852. The number of rotatable bonds is 1. The summed E-state index contributed by atoms with van der Waals surface area (Å²) in [4.78, 5) is 3.05. The van der Waals surface area contributed by atoms with E-state index in [2.05, 4.69) is 4.99 Å². The van der Waals surface area contributed by atoms with Crippen molar-refractivity contribution in [2.24, 2.45) is 4.99 Å². The summed E-state index contributed by atoms with van der Waals surface area (Å²) in [7, 11) is 1.11. The molecule has 0 aliphatic heterocycles. The molecule has 1 nitrogen and oxygen atoms in total. The molecule has 0 aliphatic carbocycles. The zero-order valence-corrected chi connectivity index (χ0v) is 5.74. The molecule has 0 radical (unpaired) electrons. The predicted molar refractivity (Wildman–Crippen MR) is 34.2 cm³/mol. The van der Waals surface area contributed by atoms with E-state index in [1.54, 1.807) is 0 Å². The molecule has 0 heterocycles. The molecule has 0 spiro atoms. The standard InChI is InChI=1S/C6H8F3N/c1-3-4-5(10-2)6(7,8)9/h3-4H,1-2H3. The Morgan fingerprint density at radius 2 is 1.90 bits per heavy atom. The van der Waals surface area contributed by atoms with Gasteiger partial charge in [-0.15, -0.1) is 0 Å². The highest BCUT2D eigenvalue weighted by molar-refractivity contribution is 5.99. The minimum atomic E-state index is -4.32. The van der Waals surface area contributed by atoms with Gasteiger partial charge < -0.3 is 0 Å². The Kier molecular flexibility index (Phi) is 3.12. The molecule has 0 aromatic heterocycles. The molecular weight excluding hydrogens is 143 g/mol. The van der Waals surface area contributed by atoms with Crippen molar-refractivity contribution in [3.63, 3.8) is 0 Å². The van der Waals surface area contributed by atoms with Crippen LogP contribution >= 0.6 is 0 Å². The molecule has 4 heteroatoms. The monoisotopic (exact) mass is 151 g/mol. The molecule has 0 rings (SSSR count). The third kappa shape index (κ3) is 2.66. The summed E-state index contributed by atoms with van der Waals surface area (Å²) >= 11 is 0. The highest BCUT2D eigenvalue weighted by Crippen LogP contribution is 2.17. The van der Waals surface area contributed by atoms with Crippen LogP contribution in [0.5, 0.6) is 0 Å². The lowest BCUT2D eigenvalue weighted by Gasteiger charge is -2.03. The van der Waals surface area contributed by atoms with Crippen molar-refractivity contribution in [2.75, 3.05) is 7.05 Å². The Balaban J connectivity index is 4.39. The summed E-state index contributed by atoms with van der Waals surface area (Å²) in [5.41, 5.74) is -0.852. The highest BCUT2D eigenvalue weighted by Gasteiger charge is 2.32. The first-order chi connectivity index (χ1) is 4.52. The lowest BCUT2D eigenvalue weighted by Crippen LogP contribution is -2.20. The Morgan fingerprint density at radius 1 is 1.40 bits per heavy atom. The van der Waals surface area contributed by atoms with Crippen LogP contribution in [0.25, 0.3) is 0 Å². The maximum Gasteiger partial charge on any atom is 0.432 e. The number of allylic oxidation sites excluding steroid dienone is 2. The van der Waals surface area contributed by atoms with Crippen LogP contribution in [0.15, 0.2) is 17.1 Å². The molecule has 0 unspecified atom stereocenters. The van der Waals surface area contributed by atoms with Gasteiger partial charge in [-0.05, 0) is 13.0 Å². The fourth-order valence-corrected chi connectivity index (χ4v) is 0.454. The molecule has 0 saturated carbocycles. The van der Waals surface area contributed by atoms with E-state index in [1.807, 2.05) is 0 Å². The van der Waals surface area contributed by atoms with E-state index in [4.69, 9.17) is 0 Å². The molecule has 0 atom stereocenters. The van der Waals surface area contributed by atoms with Crippen LogP contribution in [-0.4, -0.2) is 18.9 Å². The molecule has 58 valence electrons. The molecular formula is C6H8F3N. The quantitative estimate of drug-likeness (QED) is 0.509. The van der Waals surface area contributed by atoms with Crippen molar-refractivity contribution in [1.29, 1.82) is 0 Å². The lowest BCUT2D eigenvalue weighted by atomic mass is 10.3. The Hall–Kier alpha value is -0.800. The van der Waals surface area contributed by atoms with Crippen molar-refractivity contribution in [3.05, 3.63) is 12.2 Å². The number of halogens is 3. The topological polar surface area (TPSA) is 12.4 Å². The van der Waals surface area contributed by atoms with Crippen LogP contribution in [-0.2, 0) is 0 Å². The number of hydrogen-bond donors (Lipinski definition) is 0. The summed E-state index contributed by atoms with van der Waals surface area (Å²) in [5, 5.41) is 0. The minimum Gasteiger partial charge on any atom is -0.284 e. The molecule has 0 aromatic rings. The second-order valence-electron chi connectivity index (χ2n) is 1.61. The highest BCUT2D eigenvalue weighted by atomic mass is 19.4. The average Bonchev–Trinajstić information content (AvgIpc) is 1.80. The van der Waals surface area contributed by atoms with Gasteiger partial charge in [-0.3, -0.25) is 4.99 Å². The van der Waals surface area contributed by atoms with Crippen molar-refractivity contribution in [1.82, 2.24) is 0 Å². The fourth-order valence-electron chi connectivity index (χ4n) is 0.454. The number of alkyl halides is 3. The largest absolute Gasteiger partial charge is 0.432 e. The van der Waals surface area contributed by atoms with Crippen molar-refractivity contribution in [2.45, 2.75) is 13.1 Å². The van der Waals surface area contributed by atoms with E-state index in [-0.39, 0.29) is 0 Å². The predicted octanol–water partition coefficient (Wildman–Crippen LogP) is 2.20. The SMILES string of the molecule is CC=CC(=NC)C(F)(F)F. The van der Waals surface area contributed by atoms with E-state index < -0.39 is 11.9 Å². The zero-order valence-electron chi connectivity index (χ0n) is 5.74. The third-order valence-corrected chi connectivity index (χ3v) is 0.856. The van der Waals surface area contributed by atoms with E-state index in [0.29, 0.717) is 0 Å². The maximum atomic E-state index is 11.7. The van der Waals surface area contributed by atoms with Crippen LogP contribution in [0.2, 0.25) is 0 Å². The van der Waals surface area contributed by atoms with Gasteiger partial charge in [-0.25, -0.2) is 0 Å². The first-order valence-corrected chi connectivity index (χ1v) is 2.69. The first-order valence-electron chi connectivity index (χ1n) is 2.69. The van der Waals surface area contributed by atoms with Gasteiger partial charge in [0.25, 0.3) is 0 Å². The van der Waals surface area contributed by atoms with E-state index in [9.17, 15) is 13.2 Å². The van der Waals surface area contributed by atoms with Crippen molar-refractivity contribution in [3.8, 4) is 0 Å². The Morgan fingerprint density at radius 3 is 2.00 bits per heavy atom. The Labute approximate surface area is 57.3 Å². The van der Waals surface area contributed by atoms with Crippen LogP contribution < -0.4 is 0 Å². The van der Waals surface area contributed by atoms with Crippen LogP contribution in [0.1, 0.15) is 6.92 Å². The second kappa shape index (κ2) is 3.39. The van der Waals surface area contributed by atoms with Crippen LogP contribution in [0, 0.1) is 0 Å². The van der Waals surface area contributed by atoms with Crippen molar-refractivity contribution >= 4 is 5.71 Å². The number of nitrogens with zero attached hydrogens (tertiary/aromatic N) is 1. The molecule has 0 bridgehead atoms. The van der Waals surface area contributed by atoms with Gasteiger partial charge in [0.1, 0.15) is 5.71 Å². The van der Waals surface area contributed by atoms with E-state index >= 15 is 0 Å². The molecule has 0 aliphatic rings. The average molecular weight is 151 g/mol. The third-order valence-electron chi connectivity index (χ3n) is 0.856. The maximum absolute atomic E-state index is 11.7. The summed E-state index contributed by atoms with van der Waals surface area (Å²) in [6, 6.07) is 0. The molecule has 10 heavy (non-hydrogen) atoms. The summed E-state index contributed by atoms with van der Waals surface area (Å²) < 4.78 is 35.2. The molecule has 0 amide bonds. The summed E-state index contributed by atoms with van der Waals surface area (Å²) in [5.74, 6) is 0. The van der Waals surface area contributed by atoms with Crippen LogP contribution in [0.4, 0.5) is 13.2 Å². The second-order valence-corrected chi connectivity index (χ2v) is 1.61. The van der Waals surface area contributed by atoms with Crippen molar-refractivity contribution < 1.29 is 13.2 Å². The van der Waals surface area contributed by atoms with Crippen LogP contribution in [0.3, 0.4) is 0 Å². The number of hydrogen-bond acceptors (Lipinski definition) is 1. The molecule has 0 fully saturated rings. The van der Waals surface area contributed by atoms with E-state index in [0.717, 1.165) is 13.1 Å². The first kappa shape index (κ1) is 9.20. The zero-order chi connectivity index (χ0) is 8.20. The lowest BCUT2D eigenvalue weighted by molar-refractivity contribution is -0.0577. The Bertz CT molecular complexity index is 155. The van der Waals surface area contributed by atoms with Gasteiger partial charge in [0, 0.05) is 7.05 Å². The fraction of sp³-hybridized carbons (Fsp3) is 0.500. The summed E-state index contributed by atoms with van der Waals surface area (Å²) in [6.45, 7) is 1.51. The number of aliphatic imine (C=N–C) groups is 1. The van der Waals surface area contributed by atoms with E-state index in [1.165, 1.54) is 13.0 Å². The molecule has 0 saturated heterocycles. The van der Waals surface area contributed by atoms with Gasteiger partial charge in [0.2, 0.25) is 0 Å². The van der Waals surface area contributed by atoms with Gasteiger partial charge in [0.15, 0.2) is 0 Å². The van der Waals surface area contributed by atoms with Gasteiger partial charge >= 0.3 is 6.18 Å². The summed E-state index contributed by atoms with van der Waals surface area (Å²) in [6.07, 6.45) is -2.09. The smallest absolute Gasteiger partial charge is 0.284 e. The molecule has 0 aromatic carbocycles. The molecule has 0 N–H and O–H groups in total. The normalized spacial score (nSPS) is 14.7. The van der Waals surface area contributed by atoms with Gasteiger partial charge in [-0.2, -0.15) is 13.2 Å². The van der Waals surface area contributed by atoms with Gasteiger partial charge in [-0.1, -0.05) is 6.08 Å². The van der Waals surface area contributed by atoms with Gasteiger partial charge in [0.05, 0.1) is 0 Å².